The molecule has 2 rings (SSSR count). The SMILES string of the molecule is CC1COCCC1NC(=O)c1cc(N)cc(F)c1. The van der Waals surface area contributed by atoms with Crippen LogP contribution in [0.25, 0.3) is 0 Å². The molecule has 4 nitrogen and oxygen atoms in total. The second-order valence-corrected chi connectivity index (χ2v) is 4.69. The van der Waals surface area contributed by atoms with Gasteiger partial charge in [-0.1, -0.05) is 6.92 Å². The van der Waals surface area contributed by atoms with Gasteiger partial charge in [-0.25, -0.2) is 4.39 Å². The average molecular weight is 252 g/mol. The summed E-state index contributed by atoms with van der Waals surface area (Å²) in [5.74, 6) is -0.534. The average Bonchev–Trinajstić information content (AvgIpc) is 2.31. The first-order chi connectivity index (χ1) is 8.56. The Hall–Kier alpha value is -1.62. The summed E-state index contributed by atoms with van der Waals surface area (Å²) in [5.41, 5.74) is 6.02. The number of amides is 1. The van der Waals surface area contributed by atoms with Crippen LogP contribution >= 0.6 is 0 Å². The molecule has 1 aliphatic rings. The Balaban J connectivity index is 2.06. The molecule has 1 amide bonds. The smallest absolute Gasteiger partial charge is 0.251 e. The van der Waals surface area contributed by atoms with Gasteiger partial charge in [-0.2, -0.15) is 0 Å². The van der Waals surface area contributed by atoms with Crippen molar-refractivity contribution in [2.24, 2.45) is 5.92 Å². The van der Waals surface area contributed by atoms with Gasteiger partial charge in [0.15, 0.2) is 0 Å². The molecule has 1 saturated heterocycles. The fourth-order valence-electron chi connectivity index (χ4n) is 2.09. The molecule has 1 heterocycles. The van der Waals surface area contributed by atoms with Crippen LogP contribution in [0.3, 0.4) is 0 Å². The molecular formula is C13H17FN2O2. The third kappa shape index (κ3) is 2.98. The van der Waals surface area contributed by atoms with E-state index >= 15 is 0 Å². The molecule has 0 spiro atoms. The van der Waals surface area contributed by atoms with E-state index in [-0.39, 0.29) is 29.1 Å². The van der Waals surface area contributed by atoms with Crippen LogP contribution in [-0.4, -0.2) is 25.2 Å². The van der Waals surface area contributed by atoms with Crippen LogP contribution in [0.2, 0.25) is 0 Å². The van der Waals surface area contributed by atoms with Gasteiger partial charge in [-0.15, -0.1) is 0 Å². The molecule has 1 aliphatic heterocycles. The van der Waals surface area contributed by atoms with Gasteiger partial charge < -0.3 is 15.8 Å². The molecule has 1 fully saturated rings. The molecule has 2 unspecified atom stereocenters. The van der Waals surface area contributed by atoms with Crippen molar-refractivity contribution in [1.29, 1.82) is 0 Å². The van der Waals surface area contributed by atoms with Gasteiger partial charge in [0.2, 0.25) is 0 Å². The van der Waals surface area contributed by atoms with Crippen LogP contribution in [0, 0.1) is 11.7 Å². The first-order valence-electron chi connectivity index (χ1n) is 6.01. The second kappa shape index (κ2) is 5.35. The number of hydrogen-bond donors (Lipinski definition) is 2. The quantitative estimate of drug-likeness (QED) is 0.785. The van der Waals surface area contributed by atoms with Crippen molar-refractivity contribution in [1.82, 2.24) is 5.32 Å². The maximum absolute atomic E-state index is 13.2. The number of carbonyl (C=O) groups excluding carboxylic acids is 1. The van der Waals surface area contributed by atoms with Crippen LogP contribution in [0.1, 0.15) is 23.7 Å². The Kier molecular flexibility index (Phi) is 3.81. The Morgan fingerprint density at radius 2 is 2.28 bits per heavy atom. The highest BCUT2D eigenvalue weighted by Crippen LogP contribution is 2.16. The normalized spacial score (nSPS) is 23.7. The summed E-state index contributed by atoms with van der Waals surface area (Å²) in [6.07, 6.45) is 0.776. The standard InChI is InChI=1S/C13H17FN2O2/c1-8-7-18-3-2-12(8)16-13(17)9-4-10(14)6-11(15)5-9/h4-6,8,12H,2-3,7,15H2,1H3,(H,16,17). The van der Waals surface area contributed by atoms with Crippen molar-refractivity contribution in [3.8, 4) is 0 Å². The molecule has 0 saturated carbocycles. The fourth-order valence-corrected chi connectivity index (χ4v) is 2.09. The Morgan fingerprint density at radius 3 is 2.94 bits per heavy atom. The van der Waals surface area contributed by atoms with E-state index in [2.05, 4.69) is 5.32 Å². The molecule has 0 aliphatic carbocycles. The van der Waals surface area contributed by atoms with Crippen LogP contribution in [-0.2, 0) is 4.74 Å². The zero-order chi connectivity index (χ0) is 13.1. The summed E-state index contributed by atoms with van der Waals surface area (Å²) < 4.78 is 18.5. The van der Waals surface area contributed by atoms with Gasteiger partial charge >= 0.3 is 0 Å². The van der Waals surface area contributed by atoms with Crippen LogP contribution in [0.5, 0.6) is 0 Å². The fraction of sp³-hybridized carbons (Fsp3) is 0.462. The number of benzene rings is 1. The Morgan fingerprint density at radius 1 is 1.50 bits per heavy atom. The number of hydrogen-bond acceptors (Lipinski definition) is 3. The minimum atomic E-state index is -0.500. The first kappa shape index (κ1) is 12.8. The molecule has 18 heavy (non-hydrogen) atoms. The largest absolute Gasteiger partial charge is 0.399 e. The molecule has 5 heteroatoms. The minimum Gasteiger partial charge on any atom is -0.399 e. The molecule has 3 N–H and O–H groups in total. The lowest BCUT2D eigenvalue weighted by molar-refractivity contribution is 0.0375. The number of carbonyl (C=O) groups is 1. The Labute approximate surface area is 105 Å². The highest BCUT2D eigenvalue weighted by atomic mass is 19.1. The lowest BCUT2D eigenvalue weighted by atomic mass is 9.97. The number of ether oxygens (including phenoxy) is 1. The highest BCUT2D eigenvalue weighted by molar-refractivity contribution is 5.95. The third-order valence-electron chi connectivity index (χ3n) is 3.14. The van der Waals surface area contributed by atoms with E-state index in [0.717, 1.165) is 6.42 Å². The summed E-state index contributed by atoms with van der Waals surface area (Å²) in [6, 6.07) is 3.92. The molecule has 0 aromatic heterocycles. The minimum absolute atomic E-state index is 0.0655. The summed E-state index contributed by atoms with van der Waals surface area (Å²) >= 11 is 0. The number of rotatable bonds is 2. The van der Waals surface area contributed by atoms with Gasteiger partial charge in [0.25, 0.3) is 5.91 Å². The van der Waals surface area contributed by atoms with Crippen molar-refractivity contribution in [2.75, 3.05) is 18.9 Å². The number of nitrogens with two attached hydrogens (primary N) is 1. The summed E-state index contributed by atoms with van der Waals surface area (Å²) in [7, 11) is 0. The van der Waals surface area contributed by atoms with Crippen molar-refractivity contribution >= 4 is 11.6 Å². The van der Waals surface area contributed by atoms with Crippen LogP contribution in [0.4, 0.5) is 10.1 Å². The monoisotopic (exact) mass is 252 g/mol. The van der Waals surface area contributed by atoms with E-state index in [1.807, 2.05) is 6.92 Å². The summed E-state index contributed by atoms with van der Waals surface area (Å²) in [6.45, 7) is 3.29. The van der Waals surface area contributed by atoms with Crippen molar-refractivity contribution in [2.45, 2.75) is 19.4 Å². The maximum Gasteiger partial charge on any atom is 0.251 e. The van der Waals surface area contributed by atoms with E-state index < -0.39 is 5.82 Å². The third-order valence-corrected chi connectivity index (χ3v) is 3.14. The van der Waals surface area contributed by atoms with Gasteiger partial charge in [0, 0.05) is 23.9 Å². The van der Waals surface area contributed by atoms with Crippen molar-refractivity contribution < 1.29 is 13.9 Å². The predicted octanol–water partition coefficient (Wildman–Crippen LogP) is 1.56. The van der Waals surface area contributed by atoms with E-state index in [1.54, 1.807) is 0 Å². The maximum atomic E-state index is 13.2. The van der Waals surface area contributed by atoms with E-state index in [4.69, 9.17) is 10.5 Å². The molecule has 0 bridgehead atoms. The molecular weight excluding hydrogens is 235 g/mol. The topological polar surface area (TPSA) is 64.3 Å². The number of nitrogens with one attached hydrogen (secondary N) is 1. The van der Waals surface area contributed by atoms with Gasteiger partial charge in [-0.05, 0) is 30.5 Å². The van der Waals surface area contributed by atoms with Crippen molar-refractivity contribution in [3.63, 3.8) is 0 Å². The van der Waals surface area contributed by atoms with E-state index in [1.165, 1.54) is 18.2 Å². The lowest BCUT2D eigenvalue weighted by Gasteiger charge is -2.29. The number of halogens is 1. The van der Waals surface area contributed by atoms with Gasteiger partial charge in [-0.3, -0.25) is 4.79 Å². The van der Waals surface area contributed by atoms with Crippen LogP contribution < -0.4 is 11.1 Å². The zero-order valence-electron chi connectivity index (χ0n) is 10.3. The molecule has 0 radical (unpaired) electrons. The second-order valence-electron chi connectivity index (χ2n) is 4.69. The lowest BCUT2D eigenvalue weighted by Crippen LogP contribution is -2.44. The first-order valence-corrected chi connectivity index (χ1v) is 6.01. The van der Waals surface area contributed by atoms with Gasteiger partial charge in [0.05, 0.1) is 6.61 Å². The summed E-state index contributed by atoms with van der Waals surface area (Å²) in [4.78, 5) is 12.0. The van der Waals surface area contributed by atoms with Crippen molar-refractivity contribution in [3.05, 3.63) is 29.6 Å². The summed E-state index contributed by atoms with van der Waals surface area (Å²) in [5, 5.41) is 2.90. The highest BCUT2D eigenvalue weighted by Gasteiger charge is 2.24. The predicted molar refractivity (Wildman–Crippen MR) is 66.7 cm³/mol. The molecule has 1 aromatic rings. The van der Waals surface area contributed by atoms with Gasteiger partial charge in [0.1, 0.15) is 5.82 Å². The number of nitrogen functional groups attached to an aromatic ring is 1. The zero-order valence-corrected chi connectivity index (χ0v) is 10.3. The molecule has 2 atom stereocenters. The van der Waals surface area contributed by atoms with E-state index in [9.17, 15) is 9.18 Å². The molecule has 1 aromatic carbocycles. The number of anilines is 1. The molecule has 98 valence electrons. The Bertz CT molecular complexity index is 430. The van der Waals surface area contributed by atoms with Crippen LogP contribution in [0.15, 0.2) is 18.2 Å². The van der Waals surface area contributed by atoms with E-state index in [0.29, 0.717) is 13.2 Å².